The summed E-state index contributed by atoms with van der Waals surface area (Å²) in [5.41, 5.74) is 6.18. The summed E-state index contributed by atoms with van der Waals surface area (Å²) in [5.74, 6) is -0.274. The van der Waals surface area contributed by atoms with Crippen molar-refractivity contribution < 1.29 is 4.79 Å². The lowest BCUT2D eigenvalue weighted by Gasteiger charge is -1.93. The normalized spacial score (nSPS) is 9.71. The zero-order chi connectivity index (χ0) is 9.26. The van der Waals surface area contributed by atoms with Gasteiger partial charge in [0.1, 0.15) is 0 Å². The topological polar surface area (TPSA) is 43.1 Å². The third-order valence-electron chi connectivity index (χ3n) is 1.93. The van der Waals surface area contributed by atoms with E-state index in [9.17, 15) is 4.79 Å². The van der Waals surface area contributed by atoms with E-state index in [2.05, 4.69) is 0 Å². The lowest BCUT2D eigenvalue weighted by molar-refractivity contribution is -0.117. The summed E-state index contributed by atoms with van der Waals surface area (Å²) in [4.78, 5) is 10.7. The van der Waals surface area contributed by atoms with E-state index in [1.54, 1.807) is 11.3 Å². The summed E-state index contributed by atoms with van der Waals surface area (Å²) >= 11 is 1.65. The van der Waals surface area contributed by atoms with Crippen LogP contribution in [0.15, 0.2) is 29.6 Å². The highest BCUT2D eigenvalue weighted by Gasteiger charge is 2.04. The molecule has 1 heterocycles. The third-order valence-corrected chi connectivity index (χ3v) is 2.94. The van der Waals surface area contributed by atoms with Crippen molar-refractivity contribution in [3.05, 3.63) is 35.2 Å². The maximum Gasteiger partial charge on any atom is 0.221 e. The molecule has 2 rings (SSSR count). The van der Waals surface area contributed by atoms with Crippen LogP contribution in [0, 0.1) is 0 Å². The van der Waals surface area contributed by atoms with E-state index in [1.807, 2.05) is 29.6 Å². The quantitative estimate of drug-likeness (QED) is 0.841. The summed E-state index contributed by atoms with van der Waals surface area (Å²) in [6.07, 6.45) is 0.337. The molecule has 0 aliphatic carbocycles. The van der Waals surface area contributed by atoms with Crippen LogP contribution >= 0.6 is 23.7 Å². The van der Waals surface area contributed by atoms with Crippen molar-refractivity contribution in [3.63, 3.8) is 0 Å². The molecular formula is C10H10ClNOS. The number of halogens is 1. The summed E-state index contributed by atoms with van der Waals surface area (Å²) in [7, 11) is 0. The van der Waals surface area contributed by atoms with Gasteiger partial charge in [0.15, 0.2) is 0 Å². The minimum absolute atomic E-state index is 0. The Kier molecular flexibility index (Phi) is 3.49. The molecule has 0 aliphatic heterocycles. The number of hydrogen-bond donors (Lipinski definition) is 1. The molecule has 4 heteroatoms. The lowest BCUT2D eigenvalue weighted by atomic mass is 10.1. The first-order valence-corrected chi connectivity index (χ1v) is 4.89. The molecule has 0 radical (unpaired) electrons. The summed E-state index contributed by atoms with van der Waals surface area (Å²) < 4.78 is 1.21. The Bertz CT molecular complexity index is 452. The number of nitrogens with two attached hydrogens (primary N) is 1. The molecule has 1 aromatic carbocycles. The Balaban J connectivity index is 0.000000980. The van der Waals surface area contributed by atoms with Crippen LogP contribution in [0.2, 0.25) is 0 Å². The number of amides is 1. The fourth-order valence-corrected chi connectivity index (χ4v) is 2.32. The highest BCUT2D eigenvalue weighted by Crippen LogP contribution is 2.25. The smallest absolute Gasteiger partial charge is 0.221 e. The minimum atomic E-state index is -0.274. The predicted molar refractivity (Wildman–Crippen MR) is 62.0 cm³/mol. The first kappa shape index (κ1) is 11.0. The summed E-state index contributed by atoms with van der Waals surface area (Å²) in [6.45, 7) is 0. The summed E-state index contributed by atoms with van der Waals surface area (Å²) in [6, 6.07) is 8.03. The monoisotopic (exact) mass is 227 g/mol. The molecule has 0 saturated heterocycles. The van der Waals surface area contributed by atoms with Gasteiger partial charge < -0.3 is 5.73 Å². The lowest BCUT2D eigenvalue weighted by Crippen LogP contribution is -2.13. The molecule has 0 atom stereocenters. The van der Waals surface area contributed by atoms with Crippen molar-refractivity contribution in [2.24, 2.45) is 5.73 Å². The van der Waals surface area contributed by atoms with E-state index in [0.717, 1.165) is 10.9 Å². The second-order valence-corrected chi connectivity index (χ2v) is 3.81. The Morgan fingerprint density at radius 1 is 1.36 bits per heavy atom. The fourth-order valence-electron chi connectivity index (χ4n) is 1.36. The van der Waals surface area contributed by atoms with Gasteiger partial charge >= 0.3 is 0 Å². The van der Waals surface area contributed by atoms with Crippen LogP contribution in [0.25, 0.3) is 10.1 Å². The van der Waals surface area contributed by atoms with Crippen molar-refractivity contribution >= 4 is 39.7 Å². The van der Waals surface area contributed by atoms with Crippen LogP contribution in [0.3, 0.4) is 0 Å². The van der Waals surface area contributed by atoms with Gasteiger partial charge in [-0.2, -0.15) is 0 Å². The molecule has 2 N–H and O–H groups in total. The highest BCUT2D eigenvalue weighted by molar-refractivity contribution is 7.17. The molecular weight excluding hydrogens is 218 g/mol. The van der Waals surface area contributed by atoms with Gasteiger partial charge in [-0.15, -0.1) is 23.7 Å². The third kappa shape index (κ3) is 2.05. The molecule has 0 fully saturated rings. The molecule has 0 bridgehead atoms. The standard InChI is InChI=1S/C10H9NOS.ClH/c11-10(12)5-7-6-13-9-4-2-1-3-8(7)9;/h1-4,6H,5H2,(H2,11,12);1H. The van der Waals surface area contributed by atoms with Crippen molar-refractivity contribution in [1.82, 2.24) is 0 Å². The Morgan fingerprint density at radius 2 is 2.07 bits per heavy atom. The van der Waals surface area contributed by atoms with Crippen LogP contribution in [0.1, 0.15) is 5.56 Å². The highest BCUT2D eigenvalue weighted by atomic mass is 35.5. The maximum atomic E-state index is 10.7. The minimum Gasteiger partial charge on any atom is -0.369 e. The summed E-state index contributed by atoms with van der Waals surface area (Å²) in [5, 5.41) is 3.14. The number of fused-ring (bicyclic) bond motifs is 1. The van der Waals surface area contributed by atoms with Crippen LogP contribution in [0.5, 0.6) is 0 Å². The molecule has 2 nitrogen and oxygen atoms in total. The predicted octanol–water partition coefficient (Wildman–Crippen LogP) is 2.35. The number of hydrogen-bond acceptors (Lipinski definition) is 2. The van der Waals surface area contributed by atoms with Gasteiger partial charge in [-0.3, -0.25) is 4.79 Å². The number of primary amides is 1. The van der Waals surface area contributed by atoms with Gasteiger partial charge in [-0.25, -0.2) is 0 Å². The first-order valence-electron chi connectivity index (χ1n) is 4.01. The SMILES string of the molecule is Cl.NC(=O)Cc1csc2ccccc12. The maximum absolute atomic E-state index is 10.7. The second kappa shape index (κ2) is 4.44. The number of thiophene rings is 1. The molecule has 14 heavy (non-hydrogen) atoms. The molecule has 0 spiro atoms. The molecule has 1 amide bonds. The van der Waals surface area contributed by atoms with E-state index >= 15 is 0 Å². The van der Waals surface area contributed by atoms with Gasteiger partial charge in [0, 0.05) is 4.70 Å². The number of carbonyl (C=O) groups is 1. The average Bonchev–Trinajstić information content (AvgIpc) is 2.48. The zero-order valence-corrected chi connectivity index (χ0v) is 9.03. The van der Waals surface area contributed by atoms with Crippen molar-refractivity contribution in [2.75, 3.05) is 0 Å². The van der Waals surface area contributed by atoms with Gasteiger partial charge in [0.2, 0.25) is 5.91 Å². The molecule has 0 saturated carbocycles. The Labute approximate surface area is 92.1 Å². The van der Waals surface area contributed by atoms with Gasteiger partial charge in [0.05, 0.1) is 6.42 Å². The molecule has 2 aromatic rings. The van der Waals surface area contributed by atoms with Crippen molar-refractivity contribution in [2.45, 2.75) is 6.42 Å². The van der Waals surface area contributed by atoms with Crippen LogP contribution in [-0.4, -0.2) is 5.91 Å². The van der Waals surface area contributed by atoms with Gasteiger partial charge in [-0.1, -0.05) is 18.2 Å². The Morgan fingerprint density at radius 3 is 2.79 bits per heavy atom. The van der Waals surface area contributed by atoms with E-state index in [0.29, 0.717) is 6.42 Å². The van der Waals surface area contributed by atoms with Crippen molar-refractivity contribution in [1.29, 1.82) is 0 Å². The Hall–Kier alpha value is -1.06. The number of benzene rings is 1. The molecule has 1 aromatic heterocycles. The van der Waals surface area contributed by atoms with E-state index < -0.39 is 0 Å². The van der Waals surface area contributed by atoms with Crippen LogP contribution < -0.4 is 5.73 Å². The average molecular weight is 228 g/mol. The number of rotatable bonds is 2. The van der Waals surface area contributed by atoms with Gasteiger partial charge in [0.25, 0.3) is 0 Å². The van der Waals surface area contributed by atoms with Crippen molar-refractivity contribution in [3.8, 4) is 0 Å². The van der Waals surface area contributed by atoms with E-state index in [-0.39, 0.29) is 18.3 Å². The second-order valence-electron chi connectivity index (χ2n) is 2.90. The van der Waals surface area contributed by atoms with E-state index in [1.165, 1.54) is 4.70 Å². The molecule has 0 aliphatic rings. The molecule has 74 valence electrons. The molecule has 0 unspecified atom stereocenters. The number of carbonyl (C=O) groups excluding carboxylic acids is 1. The fraction of sp³-hybridized carbons (Fsp3) is 0.100. The zero-order valence-electron chi connectivity index (χ0n) is 7.40. The van der Waals surface area contributed by atoms with Crippen LogP contribution in [-0.2, 0) is 11.2 Å². The van der Waals surface area contributed by atoms with E-state index in [4.69, 9.17) is 5.73 Å². The van der Waals surface area contributed by atoms with Gasteiger partial charge in [-0.05, 0) is 22.4 Å². The largest absolute Gasteiger partial charge is 0.369 e. The first-order chi connectivity index (χ1) is 6.27. The van der Waals surface area contributed by atoms with Crippen LogP contribution in [0.4, 0.5) is 0 Å².